The molecular formula is C20H23N5O2. The maximum absolute atomic E-state index is 12.6. The summed E-state index contributed by atoms with van der Waals surface area (Å²) in [6.45, 7) is 3.51. The summed E-state index contributed by atoms with van der Waals surface area (Å²) in [4.78, 5) is 37.1. The molecule has 2 saturated heterocycles. The molecule has 0 radical (unpaired) electrons. The van der Waals surface area contributed by atoms with Crippen molar-refractivity contribution in [2.45, 2.75) is 6.54 Å². The van der Waals surface area contributed by atoms with E-state index in [0.29, 0.717) is 25.3 Å². The number of rotatable bonds is 4. The SMILES string of the molecule is CNC(=O)C1CN(Cc2ccccc2)CC12CN(C(=O)c1ccncn1)C2. The fourth-order valence-electron chi connectivity index (χ4n) is 4.33. The Labute approximate surface area is 158 Å². The van der Waals surface area contributed by atoms with Crippen LogP contribution in [0.2, 0.25) is 0 Å². The predicted octanol–water partition coefficient (Wildman–Crippen LogP) is 0.797. The maximum atomic E-state index is 12.6. The molecule has 0 bridgehead atoms. The Bertz CT molecular complexity index is 821. The van der Waals surface area contributed by atoms with Gasteiger partial charge in [-0.05, 0) is 11.6 Å². The number of aromatic nitrogens is 2. The fraction of sp³-hybridized carbons (Fsp3) is 0.400. The van der Waals surface area contributed by atoms with Crippen molar-refractivity contribution in [3.8, 4) is 0 Å². The Hall–Kier alpha value is -2.80. The van der Waals surface area contributed by atoms with Crippen LogP contribution in [0.15, 0.2) is 48.9 Å². The third kappa shape index (κ3) is 3.30. The summed E-state index contributed by atoms with van der Waals surface area (Å²) in [7, 11) is 1.68. The minimum atomic E-state index is -0.183. The maximum Gasteiger partial charge on any atom is 0.272 e. The smallest absolute Gasteiger partial charge is 0.272 e. The van der Waals surface area contributed by atoms with Gasteiger partial charge in [-0.3, -0.25) is 14.5 Å². The van der Waals surface area contributed by atoms with Gasteiger partial charge in [0.2, 0.25) is 5.91 Å². The lowest BCUT2D eigenvalue weighted by atomic mass is 9.71. The molecule has 2 aromatic rings. The number of benzene rings is 1. The van der Waals surface area contributed by atoms with Crippen molar-refractivity contribution < 1.29 is 9.59 Å². The number of likely N-dealkylation sites (tertiary alicyclic amines) is 2. The molecule has 2 aliphatic rings. The number of carbonyl (C=O) groups is 2. The Morgan fingerprint density at radius 3 is 2.63 bits per heavy atom. The van der Waals surface area contributed by atoms with E-state index in [1.807, 2.05) is 18.2 Å². The van der Waals surface area contributed by atoms with E-state index in [1.165, 1.54) is 11.9 Å². The van der Waals surface area contributed by atoms with Gasteiger partial charge in [-0.25, -0.2) is 9.97 Å². The Morgan fingerprint density at radius 2 is 1.96 bits per heavy atom. The van der Waals surface area contributed by atoms with E-state index < -0.39 is 0 Å². The van der Waals surface area contributed by atoms with Crippen molar-refractivity contribution in [1.82, 2.24) is 25.1 Å². The summed E-state index contributed by atoms with van der Waals surface area (Å²) in [5, 5.41) is 2.80. The van der Waals surface area contributed by atoms with Gasteiger partial charge < -0.3 is 10.2 Å². The molecule has 2 amide bonds. The Morgan fingerprint density at radius 1 is 1.19 bits per heavy atom. The van der Waals surface area contributed by atoms with Crippen molar-refractivity contribution in [3.63, 3.8) is 0 Å². The van der Waals surface area contributed by atoms with Crippen molar-refractivity contribution >= 4 is 11.8 Å². The van der Waals surface area contributed by atoms with E-state index in [4.69, 9.17) is 0 Å². The van der Waals surface area contributed by atoms with Crippen LogP contribution >= 0.6 is 0 Å². The molecule has 1 spiro atoms. The molecule has 140 valence electrons. The third-order valence-corrected chi connectivity index (χ3v) is 5.63. The number of amides is 2. The first kappa shape index (κ1) is 17.6. The molecule has 0 aliphatic carbocycles. The second-order valence-corrected chi connectivity index (χ2v) is 7.44. The van der Waals surface area contributed by atoms with Gasteiger partial charge in [-0.1, -0.05) is 30.3 Å². The standard InChI is InChI=1S/C20H23N5O2/c1-21-18(26)16-10-24(9-15-5-3-2-4-6-15)11-20(16)12-25(13-20)19(27)17-7-8-22-14-23-17/h2-8,14,16H,9-13H2,1H3,(H,21,26). The Balaban J connectivity index is 1.47. The minimum Gasteiger partial charge on any atom is -0.359 e. The summed E-state index contributed by atoms with van der Waals surface area (Å²) in [6, 6.07) is 11.9. The molecule has 27 heavy (non-hydrogen) atoms. The zero-order chi connectivity index (χ0) is 18.9. The molecule has 1 N–H and O–H groups in total. The topological polar surface area (TPSA) is 78.4 Å². The second kappa shape index (κ2) is 7.08. The molecule has 3 heterocycles. The van der Waals surface area contributed by atoms with Crippen LogP contribution in [0.5, 0.6) is 0 Å². The van der Waals surface area contributed by atoms with Crippen molar-refractivity contribution in [3.05, 3.63) is 60.2 Å². The van der Waals surface area contributed by atoms with Crippen LogP contribution in [0.4, 0.5) is 0 Å². The molecule has 1 unspecified atom stereocenters. The fourth-order valence-corrected chi connectivity index (χ4v) is 4.33. The molecule has 0 saturated carbocycles. The van der Waals surface area contributed by atoms with Crippen LogP contribution in [0.25, 0.3) is 0 Å². The molecular weight excluding hydrogens is 342 g/mol. The molecule has 4 rings (SSSR count). The highest BCUT2D eigenvalue weighted by Crippen LogP contribution is 2.44. The summed E-state index contributed by atoms with van der Waals surface area (Å²) in [5.74, 6) is -0.152. The van der Waals surface area contributed by atoms with E-state index in [-0.39, 0.29) is 23.1 Å². The first-order valence-corrected chi connectivity index (χ1v) is 9.14. The first-order chi connectivity index (χ1) is 13.1. The average molecular weight is 365 g/mol. The highest BCUT2D eigenvalue weighted by Gasteiger charge is 2.57. The average Bonchev–Trinajstić information content (AvgIpc) is 3.06. The van der Waals surface area contributed by atoms with Gasteiger partial charge in [0.15, 0.2) is 0 Å². The molecule has 1 aromatic carbocycles. The summed E-state index contributed by atoms with van der Waals surface area (Å²) in [5.41, 5.74) is 1.45. The van der Waals surface area contributed by atoms with Crippen LogP contribution in [-0.4, -0.2) is 64.8 Å². The summed E-state index contributed by atoms with van der Waals surface area (Å²) in [6.07, 6.45) is 2.95. The highest BCUT2D eigenvalue weighted by molar-refractivity contribution is 5.93. The largest absolute Gasteiger partial charge is 0.359 e. The van der Waals surface area contributed by atoms with Gasteiger partial charge >= 0.3 is 0 Å². The van der Waals surface area contributed by atoms with Crippen LogP contribution < -0.4 is 5.32 Å². The minimum absolute atomic E-state index is 0.0553. The van der Waals surface area contributed by atoms with E-state index >= 15 is 0 Å². The third-order valence-electron chi connectivity index (χ3n) is 5.63. The highest BCUT2D eigenvalue weighted by atomic mass is 16.2. The lowest BCUT2D eigenvalue weighted by Gasteiger charge is -2.50. The van der Waals surface area contributed by atoms with E-state index in [9.17, 15) is 9.59 Å². The van der Waals surface area contributed by atoms with Crippen molar-refractivity contribution in [2.75, 3.05) is 33.2 Å². The molecule has 2 fully saturated rings. The first-order valence-electron chi connectivity index (χ1n) is 9.14. The number of hydrogen-bond acceptors (Lipinski definition) is 5. The molecule has 2 aliphatic heterocycles. The van der Waals surface area contributed by atoms with Gasteiger partial charge in [0.05, 0.1) is 5.92 Å². The predicted molar refractivity (Wildman–Crippen MR) is 99.6 cm³/mol. The zero-order valence-electron chi connectivity index (χ0n) is 15.3. The number of nitrogens with one attached hydrogen (secondary N) is 1. The van der Waals surface area contributed by atoms with Crippen molar-refractivity contribution in [1.29, 1.82) is 0 Å². The van der Waals surface area contributed by atoms with Crippen LogP contribution in [-0.2, 0) is 11.3 Å². The summed E-state index contributed by atoms with van der Waals surface area (Å²) < 4.78 is 0. The number of nitrogens with zero attached hydrogens (tertiary/aromatic N) is 4. The number of hydrogen-bond donors (Lipinski definition) is 1. The van der Waals surface area contributed by atoms with Gasteiger partial charge in [0, 0.05) is 51.4 Å². The van der Waals surface area contributed by atoms with Crippen LogP contribution in [0.1, 0.15) is 16.1 Å². The second-order valence-electron chi connectivity index (χ2n) is 7.44. The lowest BCUT2D eigenvalue weighted by Crippen LogP contribution is -2.64. The monoisotopic (exact) mass is 365 g/mol. The van der Waals surface area contributed by atoms with Gasteiger partial charge in [-0.2, -0.15) is 0 Å². The molecule has 1 aromatic heterocycles. The number of carbonyl (C=O) groups excluding carboxylic acids is 2. The molecule has 7 heteroatoms. The summed E-state index contributed by atoms with van der Waals surface area (Å²) >= 11 is 0. The lowest BCUT2D eigenvalue weighted by molar-refractivity contribution is -0.130. The quantitative estimate of drug-likeness (QED) is 0.867. The van der Waals surface area contributed by atoms with Crippen LogP contribution in [0.3, 0.4) is 0 Å². The van der Waals surface area contributed by atoms with Gasteiger partial charge in [0.1, 0.15) is 12.0 Å². The van der Waals surface area contributed by atoms with Gasteiger partial charge in [0.25, 0.3) is 5.91 Å². The van der Waals surface area contributed by atoms with E-state index in [0.717, 1.165) is 13.1 Å². The Kier molecular flexibility index (Phi) is 4.61. The zero-order valence-corrected chi connectivity index (χ0v) is 15.3. The molecule has 1 atom stereocenters. The van der Waals surface area contributed by atoms with E-state index in [2.05, 4.69) is 32.3 Å². The van der Waals surface area contributed by atoms with Crippen molar-refractivity contribution in [2.24, 2.45) is 11.3 Å². The normalized spacial score (nSPS) is 21.1. The van der Waals surface area contributed by atoms with E-state index in [1.54, 1.807) is 24.2 Å². The van der Waals surface area contributed by atoms with Gasteiger partial charge in [-0.15, -0.1) is 0 Å². The van der Waals surface area contributed by atoms with Crippen LogP contribution in [0, 0.1) is 11.3 Å². The molecule has 7 nitrogen and oxygen atoms in total.